The minimum atomic E-state index is -0.107. The van der Waals surface area contributed by atoms with Gasteiger partial charge in [-0.1, -0.05) is 42.5 Å². The standard InChI is InChI=1S/C20H25NO2/c22-19-10-12-21(13-11-19)14-15-23-20-8-6-18(7-9-20)16-17-4-2-1-3-5-17/h1-9,19,22H,10-16H2. The Morgan fingerprint density at radius 2 is 1.57 bits per heavy atom. The number of hydrogen-bond acceptors (Lipinski definition) is 3. The molecule has 0 aromatic heterocycles. The largest absolute Gasteiger partial charge is 0.492 e. The van der Waals surface area contributed by atoms with Crippen LogP contribution in [0.15, 0.2) is 54.6 Å². The molecule has 3 heteroatoms. The van der Waals surface area contributed by atoms with Crippen LogP contribution in [0, 0.1) is 0 Å². The van der Waals surface area contributed by atoms with Crippen molar-refractivity contribution in [3.63, 3.8) is 0 Å². The molecule has 3 rings (SSSR count). The first-order chi connectivity index (χ1) is 11.3. The van der Waals surface area contributed by atoms with E-state index in [0.717, 1.165) is 44.6 Å². The van der Waals surface area contributed by atoms with E-state index in [9.17, 15) is 5.11 Å². The van der Waals surface area contributed by atoms with Gasteiger partial charge in [-0.05, 0) is 42.5 Å². The summed E-state index contributed by atoms with van der Waals surface area (Å²) < 4.78 is 5.84. The number of piperidine rings is 1. The zero-order valence-corrected chi connectivity index (χ0v) is 13.5. The van der Waals surface area contributed by atoms with Crippen LogP contribution in [0.25, 0.3) is 0 Å². The normalized spacial score (nSPS) is 16.4. The summed E-state index contributed by atoms with van der Waals surface area (Å²) in [6.45, 7) is 3.58. The van der Waals surface area contributed by atoms with E-state index in [1.165, 1.54) is 11.1 Å². The summed E-state index contributed by atoms with van der Waals surface area (Å²) in [4.78, 5) is 2.36. The zero-order valence-electron chi connectivity index (χ0n) is 13.5. The van der Waals surface area contributed by atoms with Gasteiger partial charge in [0, 0.05) is 19.6 Å². The van der Waals surface area contributed by atoms with Gasteiger partial charge in [-0.15, -0.1) is 0 Å². The van der Waals surface area contributed by atoms with Crippen LogP contribution in [0.1, 0.15) is 24.0 Å². The summed E-state index contributed by atoms with van der Waals surface area (Å²) in [5.41, 5.74) is 2.63. The monoisotopic (exact) mass is 311 g/mol. The fourth-order valence-electron chi connectivity index (χ4n) is 2.97. The molecule has 0 spiro atoms. The van der Waals surface area contributed by atoms with E-state index in [-0.39, 0.29) is 6.10 Å². The smallest absolute Gasteiger partial charge is 0.119 e. The number of hydrogen-bond donors (Lipinski definition) is 1. The second-order valence-electron chi connectivity index (χ2n) is 6.23. The van der Waals surface area contributed by atoms with Crippen molar-refractivity contribution in [2.75, 3.05) is 26.2 Å². The molecular weight excluding hydrogens is 286 g/mol. The molecule has 1 heterocycles. The Balaban J connectivity index is 1.42. The van der Waals surface area contributed by atoms with Crippen molar-refractivity contribution >= 4 is 0 Å². The molecule has 3 nitrogen and oxygen atoms in total. The van der Waals surface area contributed by atoms with E-state index < -0.39 is 0 Å². The molecule has 0 saturated carbocycles. The first kappa shape index (κ1) is 16.0. The summed E-state index contributed by atoms with van der Waals surface area (Å²) in [5.74, 6) is 0.929. The van der Waals surface area contributed by atoms with Gasteiger partial charge in [-0.2, -0.15) is 0 Å². The Morgan fingerprint density at radius 1 is 0.913 bits per heavy atom. The lowest BCUT2D eigenvalue weighted by molar-refractivity contribution is 0.0755. The summed E-state index contributed by atoms with van der Waals surface area (Å²) in [7, 11) is 0. The van der Waals surface area contributed by atoms with Crippen LogP contribution in [0.4, 0.5) is 0 Å². The molecule has 0 aliphatic carbocycles. The Hall–Kier alpha value is -1.84. The first-order valence-corrected chi connectivity index (χ1v) is 8.46. The van der Waals surface area contributed by atoms with Gasteiger partial charge in [0.25, 0.3) is 0 Å². The van der Waals surface area contributed by atoms with Crippen LogP contribution in [-0.4, -0.2) is 42.4 Å². The quantitative estimate of drug-likeness (QED) is 0.890. The third-order valence-corrected chi connectivity index (χ3v) is 4.41. The molecule has 0 atom stereocenters. The Kier molecular flexibility index (Phi) is 5.67. The minimum absolute atomic E-state index is 0.107. The lowest BCUT2D eigenvalue weighted by Crippen LogP contribution is -2.38. The number of rotatable bonds is 6. The molecule has 2 aromatic rings. The molecule has 1 N–H and O–H groups in total. The number of aliphatic hydroxyl groups is 1. The molecule has 0 radical (unpaired) electrons. The zero-order chi connectivity index (χ0) is 15.9. The van der Waals surface area contributed by atoms with Gasteiger partial charge in [0.05, 0.1) is 6.10 Å². The average Bonchev–Trinajstić information content (AvgIpc) is 2.59. The van der Waals surface area contributed by atoms with E-state index in [1.807, 2.05) is 6.07 Å². The van der Waals surface area contributed by atoms with Crippen molar-refractivity contribution in [3.8, 4) is 5.75 Å². The summed E-state index contributed by atoms with van der Waals surface area (Å²) in [6, 6.07) is 18.9. The molecule has 0 bridgehead atoms. The molecule has 0 unspecified atom stereocenters. The molecule has 1 fully saturated rings. The van der Waals surface area contributed by atoms with Crippen molar-refractivity contribution < 1.29 is 9.84 Å². The SMILES string of the molecule is OC1CCN(CCOc2ccc(Cc3ccccc3)cc2)CC1. The third kappa shape index (κ3) is 5.08. The molecule has 0 amide bonds. The topological polar surface area (TPSA) is 32.7 Å². The van der Waals surface area contributed by atoms with Crippen LogP contribution in [-0.2, 0) is 6.42 Å². The first-order valence-electron chi connectivity index (χ1n) is 8.46. The van der Waals surface area contributed by atoms with Crippen molar-refractivity contribution in [3.05, 3.63) is 65.7 Å². The highest BCUT2D eigenvalue weighted by Crippen LogP contribution is 2.16. The maximum absolute atomic E-state index is 9.50. The third-order valence-electron chi connectivity index (χ3n) is 4.41. The fourth-order valence-corrected chi connectivity index (χ4v) is 2.97. The highest BCUT2D eigenvalue weighted by molar-refractivity contribution is 5.31. The predicted molar refractivity (Wildman–Crippen MR) is 92.9 cm³/mol. The highest BCUT2D eigenvalue weighted by atomic mass is 16.5. The van der Waals surface area contributed by atoms with E-state index >= 15 is 0 Å². The van der Waals surface area contributed by atoms with Crippen LogP contribution in [0.5, 0.6) is 5.75 Å². The Labute approximate surface area is 138 Å². The summed E-state index contributed by atoms with van der Waals surface area (Å²) in [5, 5.41) is 9.50. The average molecular weight is 311 g/mol. The molecular formula is C20H25NO2. The summed E-state index contributed by atoms with van der Waals surface area (Å²) in [6.07, 6.45) is 2.61. The maximum atomic E-state index is 9.50. The van der Waals surface area contributed by atoms with Crippen LogP contribution < -0.4 is 4.74 Å². The maximum Gasteiger partial charge on any atom is 0.119 e. The predicted octanol–water partition coefficient (Wildman–Crippen LogP) is 3.11. The number of nitrogens with zero attached hydrogens (tertiary/aromatic N) is 1. The molecule has 1 saturated heterocycles. The minimum Gasteiger partial charge on any atom is -0.492 e. The lowest BCUT2D eigenvalue weighted by Gasteiger charge is -2.29. The van der Waals surface area contributed by atoms with Gasteiger partial charge in [0.2, 0.25) is 0 Å². The van der Waals surface area contributed by atoms with Crippen molar-refractivity contribution in [1.29, 1.82) is 0 Å². The number of benzene rings is 2. The van der Waals surface area contributed by atoms with Crippen molar-refractivity contribution in [1.82, 2.24) is 4.90 Å². The van der Waals surface area contributed by atoms with Gasteiger partial charge in [0.1, 0.15) is 12.4 Å². The van der Waals surface area contributed by atoms with Gasteiger partial charge >= 0.3 is 0 Å². The van der Waals surface area contributed by atoms with Gasteiger partial charge < -0.3 is 9.84 Å². The van der Waals surface area contributed by atoms with Crippen molar-refractivity contribution in [2.45, 2.75) is 25.4 Å². The molecule has 1 aliphatic heterocycles. The van der Waals surface area contributed by atoms with Gasteiger partial charge in [0.15, 0.2) is 0 Å². The van der Waals surface area contributed by atoms with Crippen LogP contribution >= 0.6 is 0 Å². The van der Waals surface area contributed by atoms with E-state index in [0.29, 0.717) is 6.61 Å². The second kappa shape index (κ2) is 8.14. The van der Waals surface area contributed by atoms with Crippen LogP contribution in [0.2, 0.25) is 0 Å². The van der Waals surface area contributed by atoms with E-state index in [4.69, 9.17) is 4.74 Å². The highest BCUT2D eigenvalue weighted by Gasteiger charge is 2.16. The Morgan fingerprint density at radius 3 is 2.26 bits per heavy atom. The fraction of sp³-hybridized carbons (Fsp3) is 0.400. The van der Waals surface area contributed by atoms with Crippen molar-refractivity contribution in [2.24, 2.45) is 0 Å². The van der Waals surface area contributed by atoms with E-state index in [1.54, 1.807) is 0 Å². The molecule has 122 valence electrons. The number of aliphatic hydroxyl groups excluding tert-OH is 1. The van der Waals surface area contributed by atoms with E-state index in [2.05, 4.69) is 53.4 Å². The lowest BCUT2D eigenvalue weighted by atomic mass is 10.1. The Bertz CT molecular complexity index is 574. The number of likely N-dealkylation sites (tertiary alicyclic amines) is 1. The van der Waals surface area contributed by atoms with Gasteiger partial charge in [-0.3, -0.25) is 4.90 Å². The molecule has 23 heavy (non-hydrogen) atoms. The second-order valence-corrected chi connectivity index (χ2v) is 6.23. The van der Waals surface area contributed by atoms with Crippen LogP contribution in [0.3, 0.4) is 0 Å². The summed E-state index contributed by atoms with van der Waals surface area (Å²) >= 11 is 0. The molecule has 2 aromatic carbocycles. The number of ether oxygens (including phenoxy) is 1. The van der Waals surface area contributed by atoms with Gasteiger partial charge in [-0.25, -0.2) is 0 Å². The molecule has 1 aliphatic rings.